The zero-order valence-corrected chi connectivity index (χ0v) is 60.1. The molecule has 25 nitrogen and oxygen atoms in total. The minimum Gasteiger partial charge on any atom is -0.468 e. The van der Waals surface area contributed by atoms with Gasteiger partial charge in [-0.05, 0) is 114 Å². The SMILES string of the molecule is C/C=C/C[C@@H](C)[C@@H](OC(C)=O)[C@@H](C(=O)N[C@@H](CC)C(=O)N(C)CC(=O)OC)N(C)C(=O)[C@H](C(C)C)N(C)C(=O)[C@H](CC(C)C)N(C)C(=O)[C@H](CC(C)C)N(C)C(=O)[C@H](C)NC(=O)[C@@H](C)NC(=O)[C@H](CCC(C)C)N(C)C(=O)[C@@H](NC(=O)[C@H](CC(C)C)NC)C(C)C. The molecule has 91 heavy (non-hydrogen) atoms. The minimum absolute atomic E-state index is 0.0751. The molecule has 0 aromatic rings. The van der Waals surface area contributed by atoms with Crippen molar-refractivity contribution in [2.24, 2.45) is 41.4 Å². The van der Waals surface area contributed by atoms with Crippen molar-refractivity contribution in [3.8, 4) is 0 Å². The number of esters is 2. The molecule has 10 amide bonds. The number of carbonyl (C=O) groups is 12. The Balaban J connectivity index is 7.20. The molecule has 25 heteroatoms. The van der Waals surface area contributed by atoms with Crippen LogP contribution in [0.25, 0.3) is 0 Å². The van der Waals surface area contributed by atoms with E-state index < -0.39 is 150 Å². The number of nitrogens with one attached hydrogen (secondary N) is 5. The first-order chi connectivity index (χ1) is 42.1. The van der Waals surface area contributed by atoms with Crippen molar-refractivity contribution in [3.63, 3.8) is 0 Å². The van der Waals surface area contributed by atoms with E-state index in [0.717, 1.165) is 9.80 Å². The summed E-state index contributed by atoms with van der Waals surface area (Å²) in [5.41, 5.74) is 0. The molecule has 0 aliphatic heterocycles. The molecule has 0 rings (SSSR count). The van der Waals surface area contributed by atoms with Crippen LogP contribution in [0.15, 0.2) is 12.2 Å². The van der Waals surface area contributed by atoms with Gasteiger partial charge in [-0.25, -0.2) is 0 Å². The molecule has 0 heterocycles. The predicted molar refractivity (Wildman–Crippen MR) is 351 cm³/mol. The van der Waals surface area contributed by atoms with Crippen LogP contribution < -0.4 is 26.6 Å². The van der Waals surface area contributed by atoms with Crippen LogP contribution in [0.5, 0.6) is 0 Å². The number of nitrogens with zero attached hydrogens (tertiary/aromatic N) is 6. The fraction of sp³-hybridized carbons (Fsp3) is 0.788. The van der Waals surface area contributed by atoms with E-state index in [4.69, 9.17) is 9.47 Å². The highest BCUT2D eigenvalue weighted by molar-refractivity contribution is 5.99. The molecule has 0 aromatic heterocycles. The number of methoxy groups -OCH3 is 1. The molecular formula is C66H119N11O14. The van der Waals surface area contributed by atoms with Gasteiger partial charge in [0.1, 0.15) is 67.0 Å². The molecule has 0 radical (unpaired) electrons. The number of likely N-dealkylation sites (N-methyl/N-ethyl adjacent to an activating group) is 7. The summed E-state index contributed by atoms with van der Waals surface area (Å²) in [6.07, 6.45) is 4.33. The van der Waals surface area contributed by atoms with Crippen LogP contribution in [0.1, 0.15) is 170 Å². The van der Waals surface area contributed by atoms with Gasteiger partial charge in [-0.15, -0.1) is 0 Å². The number of carbonyl (C=O) groups excluding carboxylic acids is 12. The van der Waals surface area contributed by atoms with Crippen LogP contribution in [0.4, 0.5) is 0 Å². The van der Waals surface area contributed by atoms with E-state index in [2.05, 4.69) is 26.6 Å². The zero-order valence-electron chi connectivity index (χ0n) is 60.1. The Bertz CT molecular complexity index is 2450. The minimum atomic E-state index is -1.56. The van der Waals surface area contributed by atoms with Gasteiger partial charge in [0.2, 0.25) is 59.1 Å². The summed E-state index contributed by atoms with van der Waals surface area (Å²) in [7, 11) is 11.4. The van der Waals surface area contributed by atoms with E-state index in [-0.39, 0.29) is 61.2 Å². The Kier molecular flexibility index (Phi) is 37.4. The molecule has 0 aliphatic rings. The molecule has 0 aliphatic carbocycles. The molecule has 0 aromatic carbocycles. The Morgan fingerprint density at radius 3 is 1.40 bits per heavy atom. The van der Waals surface area contributed by atoms with Crippen LogP contribution in [0.2, 0.25) is 0 Å². The molecule has 0 bridgehead atoms. The molecule has 5 N–H and O–H groups in total. The topological polar surface area (TPSA) is 303 Å². The van der Waals surface area contributed by atoms with Crippen molar-refractivity contribution < 1.29 is 67.0 Å². The number of hydrogen-bond donors (Lipinski definition) is 5. The molecule has 12 atom stereocenters. The lowest BCUT2D eigenvalue weighted by Crippen LogP contribution is -2.64. The summed E-state index contributed by atoms with van der Waals surface area (Å²) in [5.74, 6) is -9.16. The van der Waals surface area contributed by atoms with Crippen LogP contribution in [0, 0.1) is 41.4 Å². The lowest BCUT2D eigenvalue weighted by Gasteiger charge is -2.42. The number of rotatable bonds is 39. The number of hydrogen-bond acceptors (Lipinski definition) is 15. The summed E-state index contributed by atoms with van der Waals surface area (Å²) < 4.78 is 10.6. The highest BCUT2D eigenvalue weighted by Gasteiger charge is 2.46. The first kappa shape index (κ1) is 84.3. The molecule has 0 spiro atoms. The standard InChI is InChI=1S/C66H119N11O14/c1-27-29-30-43(15)56(91-46(18)78)55(60(83)70-47(28-2)62(85)72(20)36-52(79)90-26)77(25)66(89)54(42(13)14)76(24)64(87)51(35-40(9)10)75(23)63(86)50(34-39(7)8)74(22)61(84)45(17)69-57(80)44(16)68-59(82)49(32-31-37(3)4)73(21)65(88)53(41(11)12)71-58(81)48(67-19)33-38(5)6/h27,29,37-45,47-51,53-56,67H,28,30-36H2,1-26H3,(H,68,82)(H,69,80)(H,70,83)(H,71,81)/b29-27+/t43-,44-,45+,47+,48+,49+,50+,51+,53+,54+,55+,56-/m1/s1. The van der Waals surface area contributed by atoms with Gasteiger partial charge in [0, 0.05) is 49.2 Å². The van der Waals surface area contributed by atoms with E-state index in [1.165, 1.54) is 89.8 Å². The van der Waals surface area contributed by atoms with Crippen molar-refractivity contribution in [1.82, 2.24) is 56.0 Å². The van der Waals surface area contributed by atoms with Crippen LogP contribution in [-0.2, 0) is 67.0 Å². The Hall–Kier alpha value is -6.66. The van der Waals surface area contributed by atoms with Gasteiger partial charge in [-0.1, -0.05) is 109 Å². The lowest BCUT2D eigenvalue weighted by molar-refractivity contribution is -0.164. The third kappa shape index (κ3) is 26.5. The molecular weight excluding hydrogens is 1170 g/mol. The highest BCUT2D eigenvalue weighted by atomic mass is 16.5. The van der Waals surface area contributed by atoms with E-state index in [9.17, 15) is 43.2 Å². The summed E-state index contributed by atoms with van der Waals surface area (Å²) in [4.78, 5) is 176. The van der Waals surface area contributed by atoms with Gasteiger partial charge < -0.3 is 65.5 Å². The molecule has 0 fully saturated rings. The van der Waals surface area contributed by atoms with Crippen LogP contribution in [-0.4, -0.2) is 230 Å². The number of amides is 10. The van der Waals surface area contributed by atoms with Gasteiger partial charge in [0.15, 0.2) is 0 Å². The first-order valence-corrected chi connectivity index (χ1v) is 32.4. The average Bonchev–Trinajstić information content (AvgIpc) is 1.00. The molecule has 0 saturated carbocycles. The zero-order chi connectivity index (χ0) is 70.8. The van der Waals surface area contributed by atoms with Crippen molar-refractivity contribution in [2.75, 3.05) is 63.0 Å². The lowest BCUT2D eigenvalue weighted by atomic mass is 9.91. The fourth-order valence-electron chi connectivity index (χ4n) is 10.9. The average molecular weight is 1290 g/mol. The second-order valence-electron chi connectivity index (χ2n) is 26.9. The quantitative estimate of drug-likeness (QED) is 0.0427. The third-order valence-electron chi connectivity index (χ3n) is 16.4. The van der Waals surface area contributed by atoms with Crippen molar-refractivity contribution in [3.05, 3.63) is 12.2 Å². The largest absolute Gasteiger partial charge is 0.468 e. The van der Waals surface area contributed by atoms with E-state index in [1.54, 1.807) is 61.6 Å². The van der Waals surface area contributed by atoms with E-state index in [1.807, 2.05) is 61.5 Å². The van der Waals surface area contributed by atoms with Crippen LogP contribution in [0.3, 0.4) is 0 Å². The first-order valence-electron chi connectivity index (χ1n) is 32.4. The van der Waals surface area contributed by atoms with E-state index >= 15 is 14.4 Å². The van der Waals surface area contributed by atoms with Crippen molar-refractivity contribution in [1.29, 1.82) is 0 Å². The van der Waals surface area contributed by atoms with E-state index in [0.29, 0.717) is 19.3 Å². The Labute approximate surface area is 544 Å². The predicted octanol–water partition coefficient (Wildman–Crippen LogP) is 4.15. The van der Waals surface area contributed by atoms with Crippen molar-refractivity contribution >= 4 is 71.0 Å². The second kappa shape index (κ2) is 40.3. The molecule has 0 saturated heterocycles. The van der Waals surface area contributed by atoms with Crippen molar-refractivity contribution in [2.45, 2.75) is 236 Å². The summed E-state index contributed by atoms with van der Waals surface area (Å²) in [5, 5.41) is 14.1. The smallest absolute Gasteiger partial charge is 0.325 e. The Morgan fingerprint density at radius 1 is 0.473 bits per heavy atom. The maximum absolute atomic E-state index is 15.3. The van der Waals surface area contributed by atoms with Crippen LogP contribution >= 0.6 is 0 Å². The molecule has 0 unspecified atom stereocenters. The second-order valence-corrected chi connectivity index (χ2v) is 26.9. The normalized spacial score (nSPS) is 15.6. The van der Waals surface area contributed by atoms with Gasteiger partial charge in [0.25, 0.3) is 0 Å². The fourth-order valence-corrected chi connectivity index (χ4v) is 10.9. The maximum atomic E-state index is 15.3. The molecule has 522 valence electrons. The van der Waals surface area contributed by atoms with Gasteiger partial charge >= 0.3 is 11.9 Å². The van der Waals surface area contributed by atoms with Gasteiger partial charge in [-0.3, -0.25) is 57.5 Å². The number of allylic oxidation sites excluding steroid dienone is 2. The van der Waals surface area contributed by atoms with Gasteiger partial charge in [0.05, 0.1) is 13.2 Å². The number of ether oxygens (including phenoxy) is 2. The monoisotopic (exact) mass is 1290 g/mol. The van der Waals surface area contributed by atoms with Gasteiger partial charge in [-0.2, -0.15) is 0 Å². The maximum Gasteiger partial charge on any atom is 0.325 e. The highest BCUT2D eigenvalue weighted by Crippen LogP contribution is 2.27. The summed E-state index contributed by atoms with van der Waals surface area (Å²) >= 11 is 0. The Morgan fingerprint density at radius 2 is 0.956 bits per heavy atom. The summed E-state index contributed by atoms with van der Waals surface area (Å²) in [6.45, 7) is 31.3. The third-order valence-corrected chi connectivity index (χ3v) is 16.4. The summed E-state index contributed by atoms with van der Waals surface area (Å²) in [6, 6.07) is -11.3.